The first-order chi connectivity index (χ1) is 16.5. The maximum absolute atomic E-state index is 12.7. The largest absolute Gasteiger partial charge is 0.376 e. The van der Waals surface area contributed by atoms with E-state index in [-0.39, 0.29) is 5.60 Å². The second-order valence-corrected chi connectivity index (χ2v) is 10.3. The molecule has 2 saturated carbocycles. The predicted octanol–water partition coefficient (Wildman–Crippen LogP) is 5.05. The van der Waals surface area contributed by atoms with Crippen LogP contribution in [0.2, 0.25) is 0 Å². The summed E-state index contributed by atoms with van der Waals surface area (Å²) in [5.74, 6) is 2.20. The van der Waals surface area contributed by atoms with Crippen molar-refractivity contribution in [1.29, 1.82) is 0 Å². The normalized spacial score (nSPS) is 23.0. The summed E-state index contributed by atoms with van der Waals surface area (Å²) in [6.45, 7) is 3.86. The highest BCUT2D eigenvalue weighted by Crippen LogP contribution is 2.54. The van der Waals surface area contributed by atoms with E-state index in [2.05, 4.69) is 21.2 Å². The number of aliphatic hydroxyl groups is 1. The Morgan fingerprint density at radius 1 is 1.12 bits per heavy atom. The molecule has 7 heteroatoms. The molecule has 1 aromatic carbocycles. The number of hydrogen-bond acceptors (Lipinski definition) is 6. The Bertz CT molecular complexity index is 1380. The first-order valence-corrected chi connectivity index (χ1v) is 12.3. The molecular formula is C27H28N4O3. The van der Waals surface area contributed by atoms with E-state index in [1.807, 2.05) is 38.1 Å². The minimum Gasteiger partial charge on any atom is -0.376 e. The van der Waals surface area contributed by atoms with Crippen LogP contribution in [0.1, 0.15) is 73.0 Å². The molecule has 2 atom stereocenters. The third-order valence-electron chi connectivity index (χ3n) is 7.89. The number of aryl methyl sites for hydroxylation is 2. The van der Waals surface area contributed by atoms with Crippen LogP contribution >= 0.6 is 0 Å². The van der Waals surface area contributed by atoms with Crippen LogP contribution in [-0.2, 0) is 10.3 Å². The van der Waals surface area contributed by atoms with Gasteiger partial charge in [0, 0.05) is 23.2 Å². The molecule has 0 bridgehead atoms. The molecule has 1 aliphatic heterocycles. The van der Waals surface area contributed by atoms with Crippen LogP contribution in [0.15, 0.2) is 41.1 Å². The summed E-state index contributed by atoms with van der Waals surface area (Å²) in [6.07, 6.45) is 7.49. The molecule has 0 radical (unpaired) electrons. The quantitative estimate of drug-likeness (QED) is 0.436. The Morgan fingerprint density at radius 2 is 1.97 bits per heavy atom. The Morgan fingerprint density at radius 3 is 2.62 bits per heavy atom. The maximum atomic E-state index is 12.7. The lowest BCUT2D eigenvalue weighted by atomic mass is 9.81. The van der Waals surface area contributed by atoms with Gasteiger partial charge in [-0.2, -0.15) is 0 Å². The number of benzene rings is 1. The molecular weight excluding hydrogens is 428 g/mol. The SMILES string of the molecule is Cc1noc(C)c1-c1cc([C@](O)(c2ccccn2)[C@H]2CCC3(CC3)O2)c2nc(C3CC3)[nH]c2c1. The van der Waals surface area contributed by atoms with E-state index in [1.165, 1.54) is 0 Å². The Kier molecular flexibility index (Phi) is 4.19. The molecule has 174 valence electrons. The average Bonchev–Trinajstić information content (AvgIpc) is 3.71. The molecule has 0 unspecified atom stereocenters. The van der Waals surface area contributed by atoms with E-state index < -0.39 is 11.7 Å². The van der Waals surface area contributed by atoms with Crippen LogP contribution in [0.25, 0.3) is 22.2 Å². The number of nitrogens with zero attached hydrogens (tertiary/aromatic N) is 3. The summed E-state index contributed by atoms with van der Waals surface area (Å²) in [5.41, 5.74) is 4.20. The molecule has 3 aromatic heterocycles. The van der Waals surface area contributed by atoms with E-state index in [4.69, 9.17) is 14.2 Å². The van der Waals surface area contributed by atoms with Gasteiger partial charge in [0.2, 0.25) is 0 Å². The summed E-state index contributed by atoms with van der Waals surface area (Å²) in [7, 11) is 0. The fourth-order valence-corrected chi connectivity index (χ4v) is 5.70. The number of nitrogens with one attached hydrogen (secondary N) is 1. The van der Waals surface area contributed by atoms with Gasteiger partial charge in [-0.25, -0.2) is 4.98 Å². The van der Waals surface area contributed by atoms with Gasteiger partial charge >= 0.3 is 0 Å². The lowest BCUT2D eigenvalue weighted by Crippen LogP contribution is -2.42. The molecule has 4 heterocycles. The number of rotatable bonds is 5. The van der Waals surface area contributed by atoms with Crippen molar-refractivity contribution in [3.8, 4) is 11.1 Å². The van der Waals surface area contributed by atoms with E-state index in [1.54, 1.807) is 6.20 Å². The molecule has 1 saturated heterocycles. The number of aromatic nitrogens is 4. The predicted molar refractivity (Wildman–Crippen MR) is 126 cm³/mol. The molecule has 1 spiro atoms. The molecule has 7 nitrogen and oxygen atoms in total. The summed E-state index contributed by atoms with van der Waals surface area (Å²) in [4.78, 5) is 13.2. The third kappa shape index (κ3) is 3.00. The van der Waals surface area contributed by atoms with Crippen molar-refractivity contribution in [1.82, 2.24) is 20.1 Å². The van der Waals surface area contributed by atoms with Gasteiger partial charge in [0.15, 0.2) is 5.60 Å². The van der Waals surface area contributed by atoms with Crippen molar-refractivity contribution in [2.45, 2.75) is 75.6 Å². The highest BCUT2D eigenvalue weighted by Gasteiger charge is 2.57. The lowest BCUT2D eigenvalue weighted by Gasteiger charge is -2.34. The van der Waals surface area contributed by atoms with Crippen LogP contribution < -0.4 is 0 Å². The van der Waals surface area contributed by atoms with Crippen molar-refractivity contribution in [3.63, 3.8) is 0 Å². The Labute approximate surface area is 197 Å². The first-order valence-electron chi connectivity index (χ1n) is 12.3. The third-order valence-corrected chi connectivity index (χ3v) is 7.89. The molecule has 34 heavy (non-hydrogen) atoms. The van der Waals surface area contributed by atoms with Crippen molar-refractivity contribution in [2.24, 2.45) is 0 Å². The van der Waals surface area contributed by atoms with Crippen LogP contribution in [0.5, 0.6) is 0 Å². The van der Waals surface area contributed by atoms with Crippen molar-refractivity contribution in [3.05, 3.63) is 65.1 Å². The van der Waals surface area contributed by atoms with Crippen molar-refractivity contribution >= 4 is 11.0 Å². The standard InChI is InChI=1S/C27H28N4O3/c1-15-23(16(2)34-31-15)18-13-19(24-20(14-18)29-25(30-24)17-6-7-17)27(32,21-5-3-4-12-28-21)22-8-9-26(33-22)10-11-26/h3-5,12-14,17,22,32H,6-11H2,1-2H3,(H,29,30)/t22-,27+/m1/s1. The van der Waals surface area contributed by atoms with E-state index >= 15 is 0 Å². The molecule has 4 aromatic rings. The highest BCUT2D eigenvalue weighted by molar-refractivity contribution is 5.87. The number of fused-ring (bicyclic) bond motifs is 1. The summed E-state index contributed by atoms with van der Waals surface area (Å²) >= 11 is 0. The Balaban J connectivity index is 1.50. The molecule has 0 amide bonds. The zero-order valence-corrected chi connectivity index (χ0v) is 19.5. The van der Waals surface area contributed by atoms with E-state index in [9.17, 15) is 5.11 Å². The molecule has 3 aliphatic rings. The second kappa shape index (κ2) is 6.99. The van der Waals surface area contributed by atoms with Crippen LogP contribution in [0, 0.1) is 13.8 Å². The summed E-state index contributed by atoms with van der Waals surface area (Å²) < 4.78 is 12.1. The number of hydrogen-bond donors (Lipinski definition) is 2. The van der Waals surface area contributed by atoms with Crippen molar-refractivity contribution in [2.75, 3.05) is 0 Å². The summed E-state index contributed by atoms with van der Waals surface area (Å²) in [6, 6.07) is 9.83. The zero-order valence-electron chi connectivity index (χ0n) is 19.5. The monoisotopic (exact) mass is 456 g/mol. The molecule has 2 N–H and O–H groups in total. The van der Waals surface area contributed by atoms with Gasteiger partial charge in [0.1, 0.15) is 11.6 Å². The maximum Gasteiger partial charge on any atom is 0.160 e. The van der Waals surface area contributed by atoms with Gasteiger partial charge in [-0.3, -0.25) is 4.98 Å². The van der Waals surface area contributed by atoms with Gasteiger partial charge in [-0.1, -0.05) is 11.2 Å². The number of H-pyrrole nitrogens is 1. The average molecular weight is 457 g/mol. The molecule has 7 rings (SSSR count). The van der Waals surface area contributed by atoms with Crippen LogP contribution in [-0.4, -0.2) is 36.9 Å². The first kappa shape index (κ1) is 20.4. The topological polar surface area (TPSA) is 97.1 Å². The van der Waals surface area contributed by atoms with E-state index in [0.717, 1.165) is 83.5 Å². The van der Waals surface area contributed by atoms with Gasteiger partial charge in [0.25, 0.3) is 0 Å². The highest BCUT2D eigenvalue weighted by atomic mass is 16.5. The molecule has 3 fully saturated rings. The van der Waals surface area contributed by atoms with Crippen LogP contribution in [0.4, 0.5) is 0 Å². The van der Waals surface area contributed by atoms with E-state index in [0.29, 0.717) is 11.6 Å². The second-order valence-electron chi connectivity index (χ2n) is 10.3. The molecule has 2 aliphatic carbocycles. The smallest absolute Gasteiger partial charge is 0.160 e. The van der Waals surface area contributed by atoms with Gasteiger partial charge in [0.05, 0.1) is 34.1 Å². The lowest BCUT2D eigenvalue weighted by molar-refractivity contribution is -0.0934. The van der Waals surface area contributed by atoms with Crippen LogP contribution in [0.3, 0.4) is 0 Å². The fraction of sp³-hybridized carbons (Fsp3) is 0.444. The van der Waals surface area contributed by atoms with Gasteiger partial charge < -0.3 is 19.4 Å². The number of pyridine rings is 1. The summed E-state index contributed by atoms with van der Waals surface area (Å²) in [5, 5.41) is 16.8. The zero-order chi connectivity index (χ0) is 23.1. The minimum atomic E-state index is -1.43. The number of ether oxygens (including phenoxy) is 1. The Hall–Kier alpha value is -3.03. The number of aromatic amines is 1. The fourth-order valence-electron chi connectivity index (χ4n) is 5.70. The van der Waals surface area contributed by atoms with Gasteiger partial charge in [-0.05, 0) is 82.2 Å². The van der Waals surface area contributed by atoms with Gasteiger partial charge in [-0.15, -0.1) is 0 Å². The number of imidazole rings is 1. The minimum absolute atomic E-state index is 0.0729. The van der Waals surface area contributed by atoms with Crippen molar-refractivity contribution < 1.29 is 14.4 Å².